The number of aromatic hydroxyl groups is 1. The number of halogens is 1. The van der Waals surface area contributed by atoms with Crippen LogP contribution in [0, 0.1) is 35.5 Å². The second-order valence-electron chi connectivity index (χ2n) is 10.8. The summed E-state index contributed by atoms with van der Waals surface area (Å²) in [7, 11) is 0. The molecule has 0 aromatic heterocycles. The molecule has 0 amide bonds. The van der Waals surface area contributed by atoms with E-state index in [0.717, 1.165) is 22.0 Å². The molecule has 6 atom stereocenters. The standard InChI is InChI=1S/C26H42BrNO/c1-16(2)21-10-7-18(5)13-24(21)28(23-12-9-20(27)15-26(23)29)25-14-19(6)8-11-22(25)17(3)4/h9,12,15-19,21-22,24-25,29H,7-8,10-11,13-14H2,1-6H3. The van der Waals surface area contributed by atoms with E-state index in [0.29, 0.717) is 41.5 Å². The number of anilines is 1. The number of nitrogens with zero attached hydrogens (tertiary/aromatic N) is 1. The van der Waals surface area contributed by atoms with Crippen LogP contribution in [0.4, 0.5) is 5.69 Å². The van der Waals surface area contributed by atoms with Crippen LogP contribution in [0.5, 0.6) is 5.75 Å². The number of phenolic OH excluding ortho intramolecular Hbond substituents is 1. The molecule has 164 valence electrons. The molecular weight excluding hydrogens is 422 g/mol. The summed E-state index contributed by atoms with van der Waals surface area (Å²) in [5.74, 6) is 4.68. The first-order chi connectivity index (χ1) is 13.7. The van der Waals surface area contributed by atoms with E-state index >= 15 is 0 Å². The topological polar surface area (TPSA) is 23.5 Å². The van der Waals surface area contributed by atoms with Gasteiger partial charge in [0.05, 0.1) is 5.69 Å². The van der Waals surface area contributed by atoms with Crippen molar-refractivity contribution >= 4 is 21.6 Å². The summed E-state index contributed by atoms with van der Waals surface area (Å²) in [4.78, 5) is 2.72. The van der Waals surface area contributed by atoms with E-state index in [2.05, 4.69) is 74.5 Å². The molecule has 0 bridgehead atoms. The average molecular weight is 465 g/mol. The van der Waals surface area contributed by atoms with Gasteiger partial charge in [0.1, 0.15) is 5.75 Å². The summed E-state index contributed by atoms with van der Waals surface area (Å²) in [5, 5.41) is 11.0. The summed E-state index contributed by atoms with van der Waals surface area (Å²) in [6, 6.07) is 7.18. The third-order valence-corrected chi connectivity index (χ3v) is 8.40. The number of hydrogen-bond acceptors (Lipinski definition) is 2. The first-order valence-corrected chi connectivity index (χ1v) is 12.7. The molecule has 6 unspecified atom stereocenters. The van der Waals surface area contributed by atoms with E-state index < -0.39 is 0 Å². The van der Waals surface area contributed by atoms with Crippen molar-refractivity contribution in [1.82, 2.24) is 0 Å². The Hall–Kier alpha value is -0.700. The Morgan fingerprint density at radius 2 is 1.34 bits per heavy atom. The number of phenols is 1. The normalized spacial score (nSPS) is 33.3. The summed E-state index contributed by atoms with van der Waals surface area (Å²) < 4.78 is 0.952. The van der Waals surface area contributed by atoms with Gasteiger partial charge in [-0.3, -0.25) is 0 Å². The minimum absolute atomic E-state index is 0.431. The van der Waals surface area contributed by atoms with Crippen molar-refractivity contribution in [2.75, 3.05) is 4.90 Å². The third kappa shape index (κ3) is 5.14. The maximum absolute atomic E-state index is 11.0. The van der Waals surface area contributed by atoms with E-state index in [-0.39, 0.29) is 0 Å². The van der Waals surface area contributed by atoms with Crippen molar-refractivity contribution in [2.24, 2.45) is 35.5 Å². The zero-order valence-electron chi connectivity index (χ0n) is 19.4. The molecule has 0 spiro atoms. The van der Waals surface area contributed by atoms with Crippen LogP contribution in [0.3, 0.4) is 0 Å². The molecule has 2 aliphatic rings. The van der Waals surface area contributed by atoms with Gasteiger partial charge < -0.3 is 10.0 Å². The lowest BCUT2D eigenvalue weighted by atomic mass is 9.69. The van der Waals surface area contributed by atoms with E-state index in [1.807, 2.05) is 6.07 Å². The zero-order valence-corrected chi connectivity index (χ0v) is 21.0. The van der Waals surface area contributed by atoms with E-state index in [1.54, 1.807) is 0 Å². The predicted octanol–water partition coefficient (Wildman–Crippen LogP) is 7.88. The highest BCUT2D eigenvalue weighted by molar-refractivity contribution is 9.10. The Morgan fingerprint density at radius 1 is 0.862 bits per heavy atom. The highest BCUT2D eigenvalue weighted by atomic mass is 79.9. The van der Waals surface area contributed by atoms with Crippen LogP contribution in [0.1, 0.15) is 80.1 Å². The molecule has 3 rings (SSSR count). The second-order valence-corrected chi connectivity index (χ2v) is 11.7. The fraction of sp³-hybridized carbons (Fsp3) is 0.769. The number of hydrogen-bond donors (Lipinski definition) is 1. The molecular formula is C26H42BrNO. The minimum Gasteiger partial charge on any atom is -0.506 e. The molecule has 0 saturated heterocycles. The van der Waals surface area contributed by atoms with Crippen molar-refractivity contribution in [3.05, 3.63) is 22.7 Å². The molecule has 0 aliphatic heterocycles. The Balaban J connectivity index is 2.09. The number of benzene rings is 1. The first kappa shape index (κ1) is 23.0. The zero-order chi connectivity index (χ0) is 21.3. The van der Waals surface area contributed by atoms with Gasteiger partial charge in [-0.15, -0.1) is 0 Å². The highest BCUT2D eigenvalue weighted by Crippen LogP contribution is 2.47. The van der Waals surface area contributed by atoms with Crippen molar-refractivity contribution in [3.63, 3.8) is 0 Å². The molecule has 2 saturated carbocycles. The lowest BCUT2D eigenvalue weighted by molar-refractivity contribution is 0.135. The van der Waals surface area contributed by atoms with Gasteiger partial charge in [-0.1, -0.05) is 70.3 Å². The minimum atomic E-state index is 0.431. The smallest absolute Gasteiger partial charge is 0.140 e. The van der Waals surface area contributed by atoms with Gasteiger partial charge in [0.15, 0.2) is 0 Å². The quantitative estimate of drug-likeness (QED) is 0.479. The SMILES string of the molecule is CC1CCC(C(C)C)C(N(c2ccc(Br)cc2O)C2CC(C)CCC2C(C)C)C1. The van der Waals surface area contributed by atoms with E-state index in [4.69, 9.17) is 0 Å². The van der Waals surface area contributed by atoms with Gasteiger partial charge in [0, 0.05) is 16.6 Å². The molecule has 0 radical (unpaired) electrons. The van der Waals surface area contributed by atoms with Gasteiger partial charge in [-0.05, 0) is 79.4 Å². The fourth-order valence-corrected chi connectivity index (χ4v) is 6.61. The maximum Gasteiger partial charge on any atom is 0.140 e. The number of rotatable bonds is 5. The fourth-order valence-electron chi connectivity index (χ4n) is 6.26. The van der Waals surface area contributed by atoms with Crippen LogP contribution in [0.2, 0.25) is 0 Å². The van der Waals surface area contributed by atoms with Crippen molar-refractivity contribution in [1.29, 1.82) is 0 Å². The van der Waals surface area contributed by atoms with E-state index in [9.17, 15) is 5.11 Å². The summed E-state index contributed by atoms with van der Waals surface area (Å²) in [6.45, 7) is 14.4. The van der Waals surface area contributed by atoms with Crippen molar-refractivity contribution < 1.29 is 5.11 Å². The van der Waals surface area contributed by atoms with Crippen LogP contribution < -0.4 is 4.90 Å². The first-order valence-electron chi connectivity index (χ1n) is 12.0. The molecule has 0 heterocycles. The van der Waals surface area contributed by atoms with Crippen LogP contribution in [-0.4, -0.2) is 17.2 Å². The van der Waals surface area contributed by atoms with E-state index in [1.165, 1.54) is 38.5 Å². The van der Waals surface area contributed by atoms with Crippen LogP contribution in [0.25, 0.3) is 0 Å². The van der Waals surface area contributed by atoms with Gasteiger partial charge >= 0.3 is 0 Å². The monoisotopic (exact) mass is 463 g/mol. The largest absolute Gasteiger partial charge is 0.506 e. The Labute approximate surface area is 187 Å². The molecule has 1 N–H and O–H groups in total. The highest BCUT2D eigenvalue weighted by Gasteiger charge is 2.43. The van der Waals surface area contributed by atoms with Gasteiger partial charge in [0.2, 0.25) is 0 Å². The Morgan fingerprint density at radius 3 is 1.76 bits per heavy atom. The molecule has 2 nitrogen and oxygen atoms in total. The lowest BCUT2D eigenvalue weighted by Crippen LogP contribution is -2.55. The van der Waals surface area contributed by atoms with Crippen LogP contribution in [0.15, 0.2) is 22.7 Å². The maximum atomic E-state index is 11.0. The summed E-state index contributed by atoms with van der Waals surface area (Å²) >= 11 is 3.55. The molecule has 1 aromatic rings. The lowest BCUT2D eigenvalue weighted by Gasteiger charge is -2.53. The summed E-state index contributed by atoms with van der Waals surface area (Å²) in [6.07, 6.45) is 7.79. The Kier molecular flexibility index (Phi) is 7.62. The molecule has 1 aromatic carbocycles. The molecule has 29 heavy (non-hydrogen) atoms. The van der Waals surface area contributed by atoms with Gasteiger partial charge in [-0.25, -0.2) is 0 Å². The Bertz CT molecular complexity index is 641. The molecule has 2 fully saturated rings. The predicted molar refractivity (Wildman–Crippen MR) is 129 cm³/mol. The van der Waals surface area contributed by atoms with Crippen LogP contribution in [-0.2, 0) is 0 Å². The van der Waals surface area contributed by atoms with Crippen molar-refractivity contribution in [3.8, 4) is 5.75 Å². The molecule has 2 aliphatic carbocycles. The van der Waals surface area contributed by atoms with Crippen LogP contribution >= 0.6 is 15.9 Å². The van der Waals surface area contributed by atoms with Gasteiger partial charge in [0.25, 0.3) is 0 Å². The second kappa shape index (κ2) is 9.62. The van der Waals surface area contributed by atoms with Crippen molar-refractivity contribution in [2.45, 2.75) is 92.2 Å². The average Bonchev–Trinajstić information content (AvgIpc) is 2.63. The molecule has 3 heteroatoms. The summed E-state index contributed by atoms with van der Waals surface area (Å²) in [5.41, 5.74) is 1.06. The van der Waals surface area contributed by atoms with Gasteiger partial charge in [-0.2, -0.15) is 0 Å². The third-order valence-electron chi connectivity index (χ3n) is 7.90.